The topological polar surface area (TPSA) is 75.1 Å². The monoisotopic (exact) mass is 271 g/mol. The molecule has 1 atom stereocenters. The lowest BCUT2D eigenvalue weighted by Gasteiger charge is -2.09. The first kappa shape index (κ1) is 14.1. The number of aromatic nitrogens is 2. The molecule has 5 nitrogen and oxygen atoms in total. The Labute approximate surface area is 117 Å². The van der Waals surface area contributed by atoms with E-state index in [1.807, 2.05) is 0 Å². The van der Waals surface area contributed by atoms with Crippen molar-refractivity contribution in [2.24, 2.45) is 0 Å². The van der Waals surface area contributed by atoms with Crippen LogP contribution in [0.25, 0.3) is 0 Å². The van der Waals surface area contributed by atoms with Gasteiger partial charge in [0.2, 0.25) is 0 Å². The molecule has 0 fully saturated rings. The Hall–Kier alpha value is -2.27. The van der Waals surface area contributed by atoms with E-state index in [0.717, 1.165) is 5.56 Å². The fourth-order valence-corrected chi connectivity index (χ4v) is 1.82. The minimum atomic E-state index is -0.519. The van der Waals surface area contributed by atoms with Gasteiger partial charge in [-0.15, -0.1) is 0 Å². The van der Waals surface area contributed by atoms with Crippen LogP contribution in [0.4, 0.5) is 5.69 Å². The SMILES string of the molecule is Cc1cc(C(=O)Nc2ccc(C(C)O)cc2)c(C)nn1. The predicted molar refractivity (Wildman–Crippen MR) is 76.5 cm³/mol. The van der Waals surface area contributed by atoms with Gasteiger partial charge in [-0.3, -0.25) is 4.79 Å². The number of aryl methyl sites for hydroxylation is 2. The number of nitrogens with one attached hydrogen (secondary N) is 1. The highest BCUT2D eigenvalue weighted by atomic mass is 16.3. The van der Waals surface area contributed by atoms with E-state index in [0.29, 0.717) is 22.6 Å². The summed E-state index contributed by atoms with van der Waals surface area (Å²) in [5.41, 5.74) is 3.28. The molecule has 1 aromatic heterocycles. The number of hydrogen-bond donors (Lipinski definition) is 2. The van der Waals surface area contributed by atoms with E-state index in [9.17, 15) is 9.90 Å². The highest BCUT2D eigenvalue weighted by molar-refractivity contribution is 6.05. The molecule has 0 aliphatic carbocycles. The molecule has 104 valence electrons. The van der Waals surface area contributed by atoms with Crippen LogP contribution in [0.2, 0.25) is 0 Å². The van der Waals surface area contributed by atoms with Crippen molar-refractivity contribution in [3.63, 3.8) is 0 Å². The first-order valence-corrected chi connectivity index (χ1v) is 6.37. The van der Waals surface area contributed by atoms with E-state index >= 15 is 0 Å². The molecule has 0 spiro atoms. The second-order valence-corrected chi connectivity index (χ2v) is 4.74. The minimum Gasteiger partial charge on any atom is -0.389 e. The first-order valence-electron chi connectivity index (χ1n) is 6.37. The number of aliphatic hydroxyl groups is 1. The molecule has 1 amide bonds. The third kappa shape index (κ3) is 3.19. The van der Waals surface area contributed by atoms with Gasteiger partial charge in [0.05, 0.1) is 23.1 Å². The van der Waals surface area contributed by atoms with Gasteiger partial charge in [-0.05, 0) is 44.5 Å². The van der Waals surface area contributed by atoms with E-state index < -0.39 is 6.10 Å². The van der Waals surface area contributed by atoms with Crippen molar-refractivity contribution in [2.75, 3.05) is 5.32 Å². The lowest BCUT2D eigenvalue weighted by molar-refractivity contribution is 0.102. The normalized spacial score (nSPS) is 12.0. The second-order valence-electron chi connectivity index (χ2n) is 4.74. The summed E-state index contributed by atoms with van der Waals surface area (Å²) in [5.74, 6) is -0.217. The third-order valence-electron chi connectivity index (χ3n) is 3.00. The van der Waals surface area contributed by atoms with Gasteiger partial charge in [-0.2, -0.15) is 10.2 Å². The van der Waals surface area contributed by atoms with Gasteiger partial charge in [0.1, 0.15) is 0 Å². The van der Waals surface area contributed by atoms with Crippen LogP contribution in [0.1, 0.15) is 40.3 Å². The van der Waals surface area contributed by atoms with Crippen LogP contribution in [0, 0.1) is 13.8 Å². The van der Waals surface area contributed by atoms with E-state index in [-0.39, 0.29) is 5.91 Å². The Morgan fingerprint density at radius 2 is 1.85 bits per heavy atom. The summed E-state index contributed by atoms with van der Waals surface area (Å²) in [6.45, 7) is 5.24. The molecule has 0 aliphatic rings. The average molecular weight is 271 g/mol. The Morgan fingerprint density at radius 1 is 1.20 bits per heavy atom. The van der Waals surface area contributed by atoms with Crippen molar-refractivity contribution in [3.05, 3.63) is 52.8 Å². The van der Waals surface area contributed by atoms with Crippen LogP contribution < -0.4 is 5.32 Å². The largest absolute Gasteiger partial charge is 0.389 e. The molecule has 2 N–H and O–H groups in total. The molecular weight excluding hydrogens is 254 g/mol. The standard InChI is InChI=1S/C15H17N3O2/c1-9-8-14(10(2)18-17-9)15(20)16-13-6-4-12(5-7-13)11(3)19/h4-8,11,19H,1-3H3,(H,16,20). The molecule has 20 heavy (non-hydrogen) atoms. The fraction of sp³-hybridized carbons (Fsp3) is 0.267. The van der Waals surface area contributed by atoms with Gasteiger partial charge >= 0.3 is 0 Å². The van der Waals surface area contributed by atoms with Gasteiger partial charge in [-0.25, -0.2) is 0 Å². The van der Waals surface area contributed by atoms with Crippen LogP contribution in [0.3, 0.4) is 0 Å². The van der Waals surface area contributed by atoms with Gasteiger partial charge < -0.3 is 10.4 Å². The smallest absolute Gasteiger partial charge is 0.257 e. The molecule has 0 saturated heterocycles. The molecule has 0 aliphatic heterocycles. The van der Waals surface area contributed by atoms with Crippen molar-refractivity contribution in [1.82, 2.24) is 10.2 Å². The van der Waals surface area contributed by atoms with Gasteiger partial charge in [0.25, 0.3) is 5.91 Å². The number of carbonyl (C=O) groups excluding carboxylic acids is 1. The number of carbonyl (C=O) groups is 1. The zero-order chi connectivity index (χ0) is 14.7. The molecule has 0 saturated carbocycles. The van der Waals surface area contributed by atoms with Crippen molar-refractivity contribution >= 4 is 11.6 Å². The number of amides is 1. The quantitative estimate of drug-likeness (QED) is 0.898. The van der Waals surface area contributed by atoms with E-state index in [1.165, 1.54) is 0 Å². The number of rotatable bonds is 3. The average Bonchev–Trinajstić information content (AvgIpc) is 2.42. The summed E-state index contributed by atoms with van der Waals surface area (Å²) >= 11 is 0. The number of aliphatic hydroxyl groups excluding tert-OH is 1. The second kappa shape index (κ2) is 5.79. The first-order chi connectivity index (χ1) is 9.47. The molecular formula is C15H17N3O2. The van der Waals surface area contributed by atoms with Gasteiger partial charge in [0, 0.05) is 5.69 Å². The number of nitrogens with zero attached hydrogens (tertiary/aromatic N) is 2. The third-order valence-corrected chi connectivity index (χ3v) is 3.00. The zero-order valence-electron chi connectivity index (χ0n) is 11.7. The number of anilines is 1. The summed E-state index contributed by atoms with van der Waals surface area (Å²) in [5, 5.41) is 20.1. The maximum Gasteiger partial charge on any atom is 0.257 e. The van der Waals surface area contributed by atoms with Crippen LogP contribution in [-0.4, -0.2) is 21.2 Å². The lowest BCUT2D eigenvalue weighted by Crippen LogP contribution is -2.15. The molecule has 0 radical (unpaired) electrons. The van der Waals surface area contributed by atoms with Crippen LogP contribution in [0.5, 0.6) is 0 Å². The minimum absolute atomic E-state index is 0.217. The molecule has 1 heterocycles. The predicted octanol–water partition coefficient (Wildman–Crippen LogP) is 2.40. The number of benzene rings is 1. The molecule has 0 bridgehead atoms. The summed E-state index contributed by atoms with van der Waals surface area (Å²) < 4.78 is 0. The summed E-state index contributed by atoms with van der Waals surface area (Å²) in [6, 6.07) is 8.79. The highest BCUT2D eigenvalue weighted by Gasteiger charge is 2.11. The summed E-state index contributed by atoms with van der Waals surface area (Å²) in [4.78, 5) is 12.2. The molecule has 1 aromatic carbocycles. The van der Waals surface area contributed by atoms with E-state index in [2.05, 4.69) is 15.5 Å². The maximum absolute atomic E-state index is 12.2. The maximum atomic E-state index is 12.2. The van der Waals surface area contributed by atoms with Crippen molar-refractivity contribution in [3.8, 4) is 0 Å². The Bertz CT molecular complexity index is 622. The fourth-order valence-electron chi connectivity index (χ4n) is 1.82. The lowest BCUT2D eigenvalue weighted by atomic mass is 10.1. The van der Waals surface area contributed by atoms with Crippen molar-refractivity contribution in [1.29, 1.82) is 0 Å². The van der Waals surface area contributed by atoms with E-state index in [4.69, 9.17) is 0 Å². The van der Waals surface area contributed by atoms with Crippen molar-refractivity contribution in [2.45, 2.75) is 26.9 Å². The van der Waals surface area contributed by atoms with Crippen LogP contribution in [0.15, 0.2) is 30.3 Å². The van der Waals surface area contributed by atoms with Crippen LogP contribution >= 0.6 is 0 Å². The van der Waals surface area contributed by atoms with Gasteiger partial charge in [-0.1, -0.05) is 12.1 Å². The Morgan fingerprint density at radius 3 is 2.45 bits per heavy atom. The zero-order valence-corrected chi connectivity index (χ0v) is 11.7. The summed E-state index contributed by atoms with van der Waals surface area (Å²) in [7, 11) is 0. The summed E-state index contributed by atoms with van der Waals surface area (Å²) in [6.07, 6.45) is -0.519. The molecule has 5 heteroatoms. The van der Waals surface area contributed by atoms with E-state index in [1.54, 1.807) is 51.1 Å². The molecule has 2 rings (SSSR count). The number of hydrogen-bond acceptors (Lipinski definition) is 4. The van der Waals surface area contributed by atoms with Crippen LogP contribution in [-0.2, 0) is 0 Å². The van der Waals surface area contributed by atoms with Gasteiger partial charge in [0.15, 0.2) is 0 Å². The molecule has 1 unspecified atom stereocenters. The Balaban J connectivity index is 2.17. The molecule has 2 aromatic rings. The Kier molecular flexibility index (Phi) is 4.10. The van der Waals surface area contributed by atoms with Crippen molar-refractivity contribution < 1.29 is 9.90 Å². The highest BCUT2D eigenvalue weighted by Crippen LogP contribution is 2.16.